The second-order valence-corrected chi connectivity index (χ2v) is 2.33. The molecule has 0 aromatic carbocycles. The molecule has 1 atom stereocenters. The highest BCUT2D eigenvalue weighted by Crippen LogP contribution is 2.00. The van der Waals surface area contributed by atoms with Crippen molar-refractivity contribution in [1.29, 1.82) is 0 Å². The Morgan fingerprint density at radius 2 is 2.20 bits per heavy atom. The second-order valence-electron chi connectivity index (χ2n) is 2.33. The molecule has 0 aliphatic rings. The summed E-state index contributed by atoms with van der Waals surface area (Å²) in [5.41, 5.74) is -1.19. The van der Waals surface area contributed by atoms with Crippen molar-refractivity contribution in [1.82, 2.24) is 5.32 Å². The fourth-order valence-electron chi connectivity index (χ4n) is 0.589. The summed E-state index contributed by atoms with van der Waals surface area (Å²) in [5, 5.41) is 19.8. The van der Waals surface area contributed by atoms with Gasteiger partial charge in [-0.25, -0.2) is 0 Å². The molecule has 0 saturated carbocycles. The first kappa shape index (κ1) is 9.39. The van der Waals surface area contributed by atoms with E-state index in [1.807, 2.05) is 0 Å². The Balaban J connectivity index is 4.08. The van der Waals surface area contributed by atoms with Crippen LogP contribution in [-0.2, 0) is 4.79 Å². The summed E-state index contributed by atoms with van der Waals surface area (Å²) in [6.07, 6.45) is 0. The third-order valence-electron chi connectivity index (χ3n) is 1.36. The second kappa shape index (κ2) is 3.53. The molecule has 0 aliphatic heterocycles. The fraction of sp³-hybridized carbons (Fsp3) is 0.833. The lowest BCUT2D eigenvalue weighted by molar-refractivity contribution is -0.145. The van der Waals surface area contributed by atoms with Gasteiger partial charge in [0.15, 0.2) is 0 Å². The molecular formula is C6H13NO3. The monoisotopic (exact) mass is 147 g/mol. The number of hydrogen-bond acceptors (Lipinski definition) is 3. The van der Waals surface area contributed by atoms with Crippen LogP contribution in [0.1, 0.15) is 13.8 Å². The first-order valence-electron chi connectivity index (χ1n) is 3.16. The van der Waals surface area contributed by atoms with Crippen molar-refractivity contribution >= 4 is 5.97 Å². The van der Waals surface area contributed by atoms with Crippen LogP contribution >= 0.6 is 0 Å². The number of likely N-dealkylation sites (N-methyl/N-ethyl adjacent to an activating group) is 1. The first-order valence-corrected chi connectivity index (χ1v) is 3.16. The standard InChI is InChI=1S/C6H13NO3/c1-3-7-6(2,4-8)5(9)10/h7-8H,3-4H2,1-2H3,(H,9,10)/t6-/m1/s1. The van der Waals surface area contributed by atoms with Gasteiger partial charge in [0.05, 0.1) is 6.61 Å². The Morgan fingerprint density at radius 3 is 2.30 bits per heavy atom. The van der Waals surface area contributed by atoms with Crippen LogP contribution < -0.4 is 5.32 Å². The quantitative estimate of drug-likeness (QED) is 0.498. The molecule has 0 amide bonds. The van der Waals surface area contributed by atoms with Crippen LogP contribution in [0.25, 0.3) is 0 Å². The van der Waals surface area contributed by atoms with Gasteiger partial charge in [0.25, 0.3) is 0 Å². The minimum absolute atomic E-state index is 0.393. The summed E-state index contributed by atoms with van der Waals surface area (Å²) >= 11 is 0. The molecule has 4 nitrogen and oxygen atoms in total. The molecule has 3 N–H and O–H groups in total. The summed E-state index contributed by atoms with van der Waals surface area (Å²) in [4.78, 5) is 10.4. The zero-order valence-corrected chi connectivity index (χ0v) is 6.22. The molecule has 0 aromatic heterocycles. The Hall–Kier alpha value is -0.610. The van der Waals surface area contributed by atoms with Gasteiger partial charge in [-0.15, -0.1) is 0 Å². The van der Waals surface area contributed by atoms with Crippen LogP contribution in [0.3, 0.4) is 0 Å². The van der Waals surface area contributed by atoms with Gasteiger partial charge in [-0.2, -0.15) is 0 Å². The molecule has 0 saturated heterocycles. The highest BCUT2D eigenvalue weighted by Gasteiger charge is 2.30. The van der Waals surface area contributed by atoms with Gasteiger partial charge in [-0.1, -0.05) is 6.92 Å². The molecular weight excluding hydrogens is 134 g/mol. The predicted molar refractivity (Wildman–Crippen MR) is 36.8 cm³/mol. The Labute approximate surface area is 59.9 Å². The third-order valence-corrected chi connectivity index (χ3v) is 1.36. The van der Waals surface area contributed by atoms with Crippen molar-refractivity contribution in [3.05, 3.63) is 0 Å². The molecule has 0 aromatic rings. The van der Waals surface area contributed by atoms with Crippen LogP contribution in [0.5, 0.6) is 0 Å². The number of carboxylic acids is 1. The van der Waals surface area contributed by atoms with E-state index in [0.29, 0.717) is 6.54 Å². The maximum Gasteiger partial charge on any atom is 0.326 e. The van der Waals surface area contributed by atoms with Gasteiger partial charge in [-0.3, -0.25) is 4.79 Å². The number of nitrogens with one attached hydrogen (secondary N) is 1. The topological polar surface area (TPSA) is 69.6 Å². The summed E-state index contributed by atoms with van der Waals surface area (Å²) in [7, 11) is 0. The lowest BCUT2D eigenvalue weighted by Crippen LogP contribution is -2.52. The summed E-state index contributed by atoms with van der Waals surface area (Å²) in [5.74, 6) is -1.03. The minimum atomic E-state index is -1.19. The lowest BCUT2D eigenvalue weighted by atomic mass is 10.1. The van der Waals surface area contributed by atoms with Gasteiger partial charge in [0.2, 0.25) is 0 Å². The number of rotatable bonds is 4. The average Bonchev–Trinajstić information content (AvgIpc) is 1.88. The molecule has 0 bridgehead atoms. The molecule has 0 unspecified atom stereocenters. The fourth-order valence-corrected chi connectivity index (χ4v) is 0.589. The highest BCUT2D eigenvalue weighted by molar-refractivity contribution is 5.78. The van der Waals surface area contributed by atoms with Crippen LogP contribution in [-0.4, -0.2) is 34.9 Å². The first-order chi connectivity index (χ1) is 4.56. The number of carboxylic acid groups (broad SMARTS) is 1. The molecule has 60 valence electrons. The van der Waals surface area contributed by atoms with Crippen molar-refractivity contribution in [3.8, 4) is 0 Å². The van der Waals surface area contributed by atoms with E-state index in [1.165, 1.54) is 6.92 Å². The van der Waals surface area contributed by atoms with E-state index >= 15 is 0 Å². The molecule has 10 heavy (non-hydrogen) atoms. The molecule has 0 aliphatic carbocycles. The van der Waals surface area contributed by atoms with E-state index in [1.54, 1.807) is 6.92 Å². The van der Waals surface area contributed by atoms with Crippen LogP contribution in [0, 0.1) is 0 Å². The van der Waals surface area contributed by atoms with Crippen molar-refractivity contribution < 1.29 is 15.0 Å². The lowest BCUT2D eigenvalue weighted by Gasteiger charge is -2.22. The zero-order chi connectivity index (χ0) is 8.20. The van der Waals surface area contributed by atoms with Crippen LogP contribution in [0.15, 0.2) is 0 Å². The smallest absolute Gasteiger partial charge is 0.326 e. The van der Waals surface area contributed by atoms with Crippen LogP contribution in [0.4, 0.5) is 0 Å². The number of hydrogen-bond donors (Lipinski definition) is 3. The summed E-state index contributed by atoms with van der Waals surface area (Å²) < 4.78 is 0. The molecule has 0 rings (SSSR count). The highest BCUT2D eigenvalue weighted by atomic mass is 16.4. The molecule has 0 radical (unpaired) electrons. The normalized spacial score (nSPS) is 16.3. The molecule has 0 heterocycles. The Kier molecular flexibility index (Phi) is 3.32. The van der Waals surface area contributed by atoms with Gasteiger partial charge >= 0.3 is 5.97 Å². The molecule has 0 spiro atoms. The van der Waals surface area contributed by atoms with E-state index in [4.69, 9.17) is 10.2 Å². The minimum Gasteiger partial charge on any atom is -0.480 e. The van der Waals surface area contributed by atoms with E-state index in [-0.39, 0.29) is 0 Å². The van der Waals surface area contributed by atoms with Gasteiger partial charge in [0.1, 0.15) is 5.54 Å². The van der Waals surface area contributed by atoms with E-state index in [9.17, 15) is 4.79 Å². The van der Waals surface area contributed by atoms with Crippen molar-refractivity contribution in [2.75, 3.05) is 13.2 Å². The van der Waals surface area contributed by atoms with E-state index in [0.717, 1.165) is 0 Å². The van der Waals surface area contributed by atoms with Gasteiger partial charge in [0, 0.05) is 0 Å². The van der Waals surface area contributed by atoms with Crippen molar-refractivity contribution in [2.24, 2.45) is 0 Å². The SMILES string of the molecule is CCN[C@](C)(CO)C(=O)O. The summed E-state index contributed by atoms with van der Waals surface area (Å²) in [6, 6.07) is 0. The van der Waals surface area contributed by atoms with E-state index in [2.05, 4.69) is 5.32 Å². The molecule has 4 heteroatoms. The third kappa shape index (κ3) is 1.97. The van der Waals surface area contributed by atoms with Crippen molar-refractivity contribution in [2.45, 2.75) is 19.4 Å². The van der Waals surface area contributed by atoms with Crippen LogP contribution in [0.2, 0.25) is 0 Å². The zero-order valence-electron chi connectivity index (χ0n) is 6.22. The number of carbonyl (C=O) groups is 1. The number of aliphatic hydroxyl groups is 1. The van der Waals surface area contributed by atoms with Gasteiger partial charge < -0.3 is 15.5 Å². The van der Waals surface area contributed by atoms with Gasteiger partial charge in [-0.05, 0) is 13.5 Å². The maximum absolute atomic E-state index is 10.4. The summed E-state index contributed by atoms with van der Waals surface area (Å²) in [6.45, 7) is 3.37. The number of aliphatic carboxylic acids is 1. The molecule has 0 fully saturated rings. The van der Waals surface area contributed by atoms with Crippen molar-refractivity contribution in [3.63, 3.8) is 0 Å². The number of aliphatic hydroxyl groups excluding tert-OH is 1. The average molecular weight is 147 g/mol. The maximum atomic E-state index is 10.4. The predicted octanol–water partition coefficient (Wildman–Crippen LogP) is -0.569. The largest absolute Gasteiger partial charge is 0.480 e. The Morgan fingerprint density at radius 1 is 1.70 bits per heavy atom. The Bertz CT molecular complexity index is 126. The van der Waals surface area contributed by atoms with E-state index < -0.39 is 18.1 Å².